The summed E-state index contributed by atoms with van der Waals surface area (Å²) in [7, 11) is 0. The van der Waals surface area contributed by atoms with Crippen molar-refractivity contribution < 1.29 is 19.4 Å². The van der Waals surface area contributed by atoms with Crippen LogP contribution in [-0.2, 0) is 13.1 Å². The molecule has 0 aliphatic rings. The molecule has 0 saturated heterocycles. The van der Waals surface area contributed by atoms with Gasteiger partial charge in [-0.3, -0.25) is 4.79 Å². The second-order valence-corrected chi connectivity index (χ2v) is 10.3. The lowest BCUT2D eigenvalue weighted by molar-refractivity contribution is 0.0684. The van der Waals surface area contributed by atoms with Crippen LogP contribution in [0.1, 0.15) is 50.9 Å². The van der Waals surface area contributed by atoms with E-state index in [1.54, 1.807) is 22.8 Å². The lowest BCUT2D eigenvalue weighted by atomic mass is 10.1. The maximum Gasteiger partial charge on any atom is 0.352 e. The van der Waals surface area contributed by atoms with Crippen LogP contribution in [0.3, 0.4) is 0 Å². The van der Waals surface area contributed by atoms with Crippen LogP contribution in [0.2, 0.25) is 10.0 Å². The molecule has 202 valence electrons. The highest BCUT2D eigenvalue weighted by Crippen LogP contribution is 2.31. The SMILES string of the molecule is CC(=O)c1cccc(N(Cc2cccc(Cl)c2)c2cc(C(=O)O)n(CCCOc3cc(C)c(Cl)c(C)c3)c2)c1. The molecule has 0 bridgehead atoms. The largest absolute Gasteiger partial charge is 0.494 e. The van der Waals surface area contributed by atoms with Gasteiger partial charge >= 0.3 is 5.97 Å². The fourth-order valence-corrected chi connectivity index (χ4v) is 4.79. The second kappa shape index (κ2) is 12.4. The monoisotopic (exact) mass is 564 g/mol. The highest BCUT2D eigenvalue weighted by molar-refractivity contribution is 6.32. The number of aromatic nitrogens is 1. The van der Waals surface area contributed by atoms with Crippen molar-refractivity contribution in [3.63, 3.8) is 0 Å². The molecule has 4 aromatic rings. The van der Waals surface area contributed by atoms with Crippen molar-refractivity contribution in [3.8, 4) is 5.75 Å². The van der Waals surface area contributed by atoms with Gasteiger partial charge in [0.15, 0.2) is 5.78 Å². The van der Waals surface area contributed by atoms with Crippen LogP contribution in [0.5, 0.6) is 5.75 Å². The summed E-state index contributed by atoms with van der Waals surface area (Å²) in [5.74, 6) is -0.333. The third-order valence-corrected chi connectivity index (χ3v) is 7.26. The number of ether oxygens (including phenoxy) is 1. The topological polar surface area (TPSA) is 71.8 Å². The lowest BCUT2D eigenvalue weighted by Crippen LogP contribution is -2.16. The molecule has 0 spiro atoms. The second-order valence-electron chi connectivity index (χ2n) is 9.48. The summed E-state index contributed by atoms with van der Waals surface area (Å²) in [5, 5.41) is 11.3. The van der Waals surface area contributed by atoms with Crippen LogP contribution < -0.4 is 9.64 Å². The highest BCUT2D eigenvalue weighted by atomic mass is 35.5. The number of aromatic carboxylic acids is 1. The number of carboxylic acids is 1. The zero-order valence-corrected chi connectivity index (χ0v) is 23.6. The molecule has 6 nitrogen and oxygen atoms in total. The minimum Gasteiger partial charge on any atom is -0.494 e. The fourth-order valence-electron chi connectivity index (χ4n) is 4.46. The van der Waals surface area contributed by atoms with E-state index in [1.165, 1.54) is 6.92 Å². The lowest BCUT2D eigenvalue weighted by Gasteiger charge is -2.24. The summed E-state index contributed by atoms with van der Waals surface area (Å²) in [6.07, 6.45) is 2.42. The van der Waals surface area contributed by atoms with Crippen molar-refractivity contribution in [2.75, 3.05) is 11.5 Å². The van der Waals surface area contributed by atoms with Crippen molar-refractivity contribution in [3.05, 3.63) is 111 Å². The van der Waals surface area contributed by atoms with Crippen LogP contribution in [-0.4, -0.2) is 28.0 Å². The van der Waals surface area contributed by atoms with Gasteiger partial charge in [-0.05, 0) is 86.3 Å². The van der Waals surface area contributed by atoms with Gasteiger partial charge in [-0.2, -0.15) is 0 Å². The molecule has 0 fully saturated rings. The molecule has 39 heavy (non-hydrogen) atoms. The van der Waals surface area contributed by atoms with Crippen molar-refractivity contribution in [1.29, 1.82) is 0 Å². The van der Waals surface area contributed by atoms with E-state index in [4.69, 9.17) is 27.9 Å². The van der Waals surface area contributed by atoms with Crippen molar-refractivity contribution in [2.24, 2.45) is 0 Å². The summed E-state index contributed by atoms with van der Waals surface area (Å²) in [5.41, 5.74) is 5.05. The Bertz CT molecular complexity index is 1490. The van der Waals surface area contributed by atoms with E-state index in [0.29, 0.717) is 42.4 Å². The van der Waals surface area contributed by atoms with Gasteiger partial charge in [0.05, 0.1) is 12.3 Å². The van der Waals surface area contributed by atoms with Gasteiger partial charge in [-0.25, -0.2) is 4.79 Å². The molecule has 0 aliphatic heterocycles. The normalized spacial score (nSPS) is 10.9. The summed E-state index contributed by atoms with van der Waals surface area (Å²) in [6, 6.07) is 20.3. The Kier molecular flexibility index (Phi) is 9.00. The van der Waals surface area contributed by atoms with E-state index >= 15 is 0 Å². The number of hydrogen-bond donors (Lipinski definition) is 1. The first kappa shape index (κ1) is 28.3. The van der Waals surface area contributed by atoms with E-state index in [-0.39, 0.29) is 11.5 Å². The van der Waals surface area contributed by atoms with Gasteiger partial charge in [-0.1, -0.05) is 47.5 Å². The maximum atomic E-state index is 12.2. The fraction of sp³-hybridized carbons (Fsp3) is 0.226. The predicted octanol–water partition coefficient (Wildman–Crippen LogP) is 8.12. The summed E-state index contributed by atoms with van der Waals surface area (Å²) in [4.78, 5) is 26.2. The molecule has 0 unspecified atom stereocenters. The van der Waals surface area contributed by atoms with Crippen LogP contribution in [0.25, 0.3) is 0 Å². The standard InChI is InChI=1S/C31H30Cl2N2O4/c1-20-13-28(14-21(2)30(20)33)39-12-6-11-34-19-27(17-29(34)31(37)38)35(18-23-7-4-9-25(32)15-23)26-10-5-8-24(16-26)22(3)36/h4-5,7-10,13-17,19H,6,11-12,18H2,1-3H3,(H,37,38). The number of carbonyl (C=O) groups is 2. The molecule has 8 heteroatoms. The number of rotatable bonds is 11. The molecule has 0 amide bonds. The number of carboxylic acid groups (broad SMARTS) is 1. The van der Waals surface area contributed by atoms with Gasteiger partial charge in [-0.15, -0.1) is 0 Å². The first-order chi connectivity index (χ1) is 18.6. The van der Waals surface area contributed by atoms with Gasteiger partial charge in [0.1, 0.15) is 11.4 Å². The molecule has 0 aliphatic carbocycles. The minimum absolute atomic E-state index is 0.0468. The maximum absolute atomic E-state index is 12.2. The summed E-state index contributed by atoms with van der Waals surface area (Å²) >= 11 is 12.5. The molecule has 1 heterocycles. The Morgan fingerprint density at radius 3 is 2.33 bits per heavy atom. The smallest absolute Gasteiger partial charge is 0.352 e. The first-order valence-corrected chi connectivity index (χ1v) is 13.3. The van der Waals surface area contributed by atoms with Crippen LogP contribution >= 0.6 is 23.2 Å². The van der Waals surface area contributed by atoms with E-state index < -0.39 is 5.97 Å². The average Bonchev–Trinajstić information content (AvgIpc) is 3.32. The van der Waals surface area contributed by atoms with E-state index in [0.717, 1.165) is 33.1 Å². The highest BCUT2D eigenvalue weighted by Gasteiger charge is 2.19. The van der Waals surface area contributed by atoms with Gasteiger partial charge in [0.2, 0.25) is 0 Å². The van der Waals surface area contributed by atoms with Crippen LogP contribution in [0, 0.1) is 13.8 Å². The van der Waals surface area contributed by atoms with Crippen molar-refractivity contribution in [2.45, 2.75) is 40.3 Å². The Balaban J connectivity index is 1.59. The molecule has 1 aromatic heterocycles. The van der Waals surface area contributed by atoms with Gasteiger partial charge in [0.25, 0.3) is 0 Å². The Morgan fingerprint density at radius 1 is 0.949 bits per heavy atom. The molecular formula is C31H30Cl2N2O4. The first-order valence-electron chi connectivity index (χ1n) is 12.6. The third kappa shape index (κ3) is 7.02. The molecule has 3 aromatic carbocycles. The number of hydrogen-bond acceptors (Lipinski definition) is 4. The quantitative estimate of drug-likeness (QED) is 0.147. The van der Waals surface area contributed by atoms with Crippen LogP contribution in [0.15, 0.2) is 72.9 Å². The number of carbonyl (C=O) groups excluding carboxylic acids is 1. The molecule has 1 N–H and O–H groups in total. The number of anilines is 2. The Hall–Kier alpha value is -3.74. The number of aryl methyl sites for hydroxylation is 3. The molecule has 0 radical (unpaired) electrons. The van der Waals surface area contributed by atoms with Crippen molar-refractivity contribution in [1.82, 2.24) is 4.57 Å². The zero-order chi connectivity index (χ0) is 28.1. The minimum atomic E-state index is -1.02. The van der Waals surface area contributed by atoms with E-state index in [2.05, 4.69) is 0 Å². The van der Waals surface area contributed by atoms with Gasteiger partial charge < -0.3 is 19.3 Å². The number of nitrogens with zero attached hydrogens (tertiary/aromatic N) is 2. The molecule has 0 saturated carbocycles. The molecule has 4 rings (SSSR count). The molecular weight excluding hydrogens is 535 g/mol. The average molecular weight is 565 g/mol. The third-order valence-electron chi connectivity index (χ3n) is 6.43. The van der Waals surface area contributed by atoms with Crippen LogP contribution in [0.4, 0.5) is 11.4 Å². The number of Topliss-reactive ketones (excluding diaryl/α,β-unsaturated/α-hetero) is 1. The zero-order valence-electron chi connectivity index (χ0n) is 22.1. The van der Waals surface area contributed by atoms with E-state index in [9.17, 15) is 14.7 Å². The van der Waals surface area contributed by atoms with Gasteiger partial charge in [0, 0.05) is 40.6 Å². The van der Waals surface area contributed by atoms with Crippen molar-refractivity contribution >= 4 is 46.3 Å². The number of halogens is 2. The summed E-state index contributed by atoms with van der Waals surface area (Å²) in [6.45, 7) is 6.69. The number of ketones is 1. The summed E-state index contributed by atoms with van der Waals surface area (Å²) < 4.78 is 7.64. The Labute approximate surface area is 238 Å². The number of benzene rings is 3. The Morgan fingerprint density at radius 2 is 1.67 bits per heavy atom. The van der Waals surface area contributed by atoms with E-state index in [1.807, 2.05) is 73.5 Å². The predicted molar refractivity (Wildman–Crippen MR) is 156 cm³/mol. The molecule has 0 atom stereocenters.